The number of nitrogens with two attached hydrogens (primary N) is 1. The second-order valence-corrected chi connectivity index (χ2v) is 4.76. The van der Waals surface area contributed by atoms with Crippen LogP contribution in [0.2, 0.25) is 0 Å². The molecule has 15 heavy (non-hydrogen) atoms. The van der Waals surface area contributed by atoms with Gasteiger partial charge >= 0.3 is 0 Å². The highest BCUT2D eigenvalue weighted by atomic mass is 16.5. The molecule has 86 valence electrons. The first-order valence-electron chi connectivity index (χ1n) is 5.77. The van der Waals surface area contributed by atoms with Crippen molar-refractivity contribution in [2.75, 3.05) is 20.3 Å². The number of primary amides is 1. The summed E-state index contributed by atoms with van der Waals surface area (Å²) in [5.74, 6) is -0.156. The zero-order valence-corrected chi connectivity index (χ0v) is 9.37. The molecule has 1 aliphatic heterocycles. The van der Waals surface area contributed by atoms with E-state index in [2.05, 4.69) is 4.90 Å². The average Bonchev–Trinajstić information content (AvgIpc) is 2.16. The molecule has 0 unspecified atom stereocenters. The Bertz CT molecular complexity index is 245. The highest BCUT2D eigenvalue weighted by Gasteiger charge is 2.45. The quantitative estimate of drug-likeness (QED) is 0.741. The molecule has 0 atom stereocenters. The molecule has 4 heteroatoms. The van der Waals surface area contributed by atoms with Crippen LogP contribution in [0.25, 0.3) is 0 Å². The predicted octanol–water partition coefficient (Wildman–Crippen LogP) is 0.505. The summed E-state index contributed by atoms with van der Waals surface area (Å²) in [5, 5.41) is 0. The molecule has 0 aromatic carbocycles. The first kappa shape index (κ1) is 10.9. The van der Waals surface area contributed by atoms with Crippen LogP contribution in [0.15, 0.2) is 0 Å². The number of hydrogen-bond donors (Lipinski definition) is 1. The number of carbonyl (C=O) groups is 1. The van der Waals surface area contributed by atoms with E-state index in [4.69, 9.17) is 10.5 Å². The van der Waals surface area contributed by atoms with Crippen molar-refractivity contribution in [3.63, 3.8) is 0 Å². The van der Waals surface area contributed by atoms with Crippen molar-refractivity contribution >= 4 is 5.91 Å². The minimum Gasteiger partial charge on any atom is -0.378 e. The van der Waals surface area contributed by atoms with Gasteiger partial charge in [-0.2, -0.15) is 0 Å². The van der Waals surface area contributed by atoms with Crippen LogP contribution in [0.4, 0.5) is 0 Å². The second-order valence-electron chi connectivity index (χ2n) is 4.76. The molecule has 1 amide bonds. The number of likely N-dealkylation sites (N-methyl/N-ethyl adjacent to an activating group) is 1. The van der Waals surface area contributed by atoms with Gasteiger partial charge in [-0.05, 0) is 19.9 Å². The molecule has 0 radical (unpaired) electrons. The van der Waals surface area contributed by atoms with Gasteiger partial charge < -0.3 is 10.5 Å². The number of hydrogen-bond acceptors (Lipinski definition) is 3. The summed E-state index contributed by atoms with van der Waals surface area (Å²) >= 11 is 0. The van der Waals surface area contributed by atoms with E-state index < -0.39 is 5.54 Å². The van der Waals surface area contributed by atoms with Gasteiger partial charge in [0.2, 0.25) is 5.91 Å². The average molecular weight is 212 g/mol. The van der Waals surface area contributed by atoms with E-state index in [0.29, 0.717) is 6.04 Å². The number of amides is 1. The standard InChI is InChI=1S/C11H20N2O2/c1-13(9-7-15-8-9)11(10(12)14)5-3-2-4-6-11/h9H,2-8H2,1H3,(H2,12,14). The molecule has 0 bridgehead atoms. The summed E-state index contributed by atoms with van der Waals surface area (Å²) < 4.78 is 5.18. The second kappa shape index (κ2) is 4.10. The predicted molar refractivity (Wildman–Crippen MR) is 57.4 cm³/mol. The molecule has 2 fully saturated rings. The minimum absolute atomic E-state index is 0.156. The third kappa shape index (κ3) is 1.76. The lowest BCUT2D eigenvalue weighted by Crippen LogP contribution is -2.64. The molecule has 0 aromatic heterocycles. The Kier molecular flexibility index (Phi) is 2.98. The summed E-state index contributed by atoms with van der Waals surface area (Å²) in [4.78, 5) is 13.9. The monoisotopic (exact) mass is 212 g/mol. The van der Waals surface area contributed by atoms with Crippen LogP contribution in [-0.2, 0) is 9.53 Å². The summed E-state index contributed by atoms with van der Waals surface area (Å²) in [6.45, 7) is 1.48. The number of carbonyl (C=O) groups excluding carboxylic acids is 1. The first-order chi connectivity index (χ1) is 7.17. The summed E-state index contributed by atoms with van der Waals surface area (Å²) in [5.41, 5.74) is 5.20. The van der Waals surface area contributed by atoms with E-state index >= 15 is 0 Å². The third-order valence-corrected chi connectivity index (χ3v) is 3.98. The Labute approximate surface area is 90.8 Å². The van der Waals surface area contributed by atoms with Crippen LogP contribution < -0.4 is 5.73 Å². The maximum atomic E-state index is 11.7. The van der Waals surface area contributed by atoms with Crippen LogP contribution in [0.3, 0.4) is 0 Å². The molecule has 1 heterocycles. The van der Waals surface area contributed by atoms with Crippen molar-refractivity contribution in [3.05, 3.63) is 0 Å². The van der Waals surface area contributed by atoms with Crippen molar-refractivity contribution in [1.29, 1.82) is 0 Å². The molecule has 1 saturated carbocycles. The molecular formula is C11H20N2O2. The molecule has 2 N–H and O–H groups in total. The van der Waals surface area contributed by atoms with Crippen LogP contribution in [-0.4, -0.2) is 42.6 Å². The van der Waals surface area contributed by atoms with Crippen molar-refractivity contribution in [1.82, 2.24) is 4.90 Å². The van der Waals surface area contributed by atoms with Gasteiger partial charge in [-0.15, -0.1) is 0 Å². The molecular weight excluding hydrogens is 192 g/mol. The van der Waals surface area contributed by atoms with Crippen LogP contribution in [0.1, 0.15) is 32.1 Å². The zero-order valence-electron chi connectivity index (χ0n) is 9.37. The molecule has 1 aliphatic carbocycles. The van der Waals surface area contributed by atoms with Gasteiger partial charge in [0, 0.05) is 0 Å². The van der Waals surface area contributed by atoms with E-state index in [1.807, 2.05) is 7.05 Å². The van der Waals surface area contributed by atoms with Gasteiger partial charge in [-0.1, -0.05) is 19.3 Å². The minimum atomic E-state index is -0.396. The molecule has 0 aromatic rings. The maximum Gasteiger partial charge on any atom is 0.237 e. The van der Waals surface area contributed by atoms with Gasteiger partial charge in [-0.3, -0.25) is 9.69 Å². The lowest BCUT2D eigenvalue weighted by molar-refractivity contribution is -0.144. The Morgan fingerprint density at radius 3 is 2.33 bits per heavy atom. The normalized spacial score (nSPS) is 26.3. The molecule has 0 spiro atoms. The fourth-order valence-electron chi connectivity index (χ4n) is 2.71. The van der Waals surface area contributed by atoms with Crippen molar-refractivity contribution in [3.8, 4) is 0 Å². The Morgan fingerprint density at radius 2 is 1.93 bits per heavy atom. The Hall–Kier alpha value is -0.610. The van der Waals surface area contributed by atoms with E-state index in [9.17, 15) is 4.79 Å². The largest absolute Gasteiger partial charge is 0.378 e. The lowest BCUT2D eigenvalue weighted by atomic mass is 9.79. The van der Waals surface area contributed by atoms with Crippen LogP contribution in [0, 0.1) is 0 Å². The highest BCUT2D eigenvalue weighted by molar-refractivity contribution is 5.84. The van der Waals surface area contributed by atoms with Gasteiger partial charge in [0.05, 0.1) is 19.3 Å². The maximum absolute atomic E-state index is 11.7. The lowest BCUT2D eigenvalue weighted by Gasteiger charge is -2.48. The van der Waals surface area contributed by atoms with E-state index in [0.717, 1.165) is 38.9 Å². The molecule has 1 saturated heterocycles. The summed E-state index contributed by atoms with van der Waals surface area (Å²) in [6.07, 6.45) is 5.27. The van der Waals surface area contributed by atoms with Crippen molar-refractivity contribution in [2.24, 2.45) is 5.73 Å². The van der Waals surface area contributed by atoms with Crippen LogP contribution in [0.5, 0.6) is 0 Å². The van der Waals surface area contributed by atoms with E-state index in [1.54, 1.807) is 0 Å². The third-order valence-electron chi connectivity index (χ3n) is 3.98. The van der Waals surface area contributed by atoms with Gasteiger partial charge in [0.25, 0.3) is 0 Å². The molecule has 2 rings (SSSR count). The van der Waals surface area contributed by atoms with E-state index in [-0.39, 0.29) is 5.91 Å². The zero-order chi connectivity index (χ0) is 10.9. The smallest absolute Gasteiger partial charge is 0.237 e. The Balaban J connectivity index is 2.12. The van der Waals surface area contributed by atoms with Gasteiger partial charge in [0.15, 0.2) is 0 Å². The number of ether oxygens (including phenoxy) is 1. The SMILES string of the molecule is CN(C1COC1)C1(C(N)=O)CCCCC1. The van der Waals surface area contributed by atoms with Gasteiger partial charge in [0.1, 0.15) is 5.54 Å². The molecule has 4 nitrogen and oxygen atoms in total. The highest BCUT2D eigenvalue weighted by Crippen LogP contribution is 2.35. The van der Waals surface area contributed by atoms with E-state index in [1.165, 1.54) is 6.42 Å². The van der Waals surface area contributed by atoms with Crippen LogP contribution >= 0.6 is 0 Å². The topological polar surface area (TPSA) is 55.6 Å². The fraction of sp³-hybridized carbons (Fsp3) is 0.909. The van der Waals surface area contributed by atoms with Crippen molar-refractivity contribution in [2.45, 2.75) is 43.7 Å². The Morgan fingerprint density at radius 1 is 1.33 bits per heavy atom. The number of nitrogens with zero attached hydrogens (tertiary/aromatic N) is 1. The molecule has 2 aliphatic rings. The van der Waals surface area contributed by atoms with Crippen molar-refractivity contribution < 1.29 is 9.53 Å². The fourth-order valence-corrected chi connectivity index (χ4v) is 2.71. The first-order valence-corrected chi connectivity index (χ1v) is 5.77. The van der Waals surface area contributed by atoms with Gasteiger partial charge in [-0.25, -0.2) is 0 Å². The number of rotatable bonds is 3. The summed E-state index contributed by atoms with van der Waals surface area (Å²) in [7, 11) is 2.02. The summed E-state index contributed by atoms with van der Waals surface area (Å²) in [6, 6.07) is 0.385.